The zero-order chi connectivity index (χ0) is 22.1. The van der Waals surface area contributed by atoms with Crippen LogP contribution in [0.15, 0.2) is 70.9 Å². The van der Waals surface area contributed by atoms with E-state index in [1.54, 1.807) is 24.3 Å². The highest BCUT2D eigenvalue weighted by atomic mass is 16.6. The number of H-pyrrole nitrogens is 2. The number of amides is 1. The Kier molecular flexibility index (Phi) is 4.76. The molecule has 31 heavy (non-hydrogen) atoms. The Bertz CT molecular complexity index is 1480. The number of fused-ring (bicyclic) bond motifs is 1. The van der Waals surface area contributed by atoms with E-state index in [9.17, 15) is 24.5 Å². The Morgan fingerprint density at radius 3 is 2.74 bits per heavy atom. The number of anilines is 1. The maximum atomic E-state index is 11.9. The van der Waals surface area contributed by atoms with E-state index in [1.165, 1.54) is 29.1 Å². The Labute approximate surface area is 172 Å². The predicted octanol–water partition coefficient (Wildman–Crippen LogP) is 2.10. The first-order valence-corrected chi connectivity index (χ1v) is 8.90. The van der Waals surface area contributed by atoms with Crippen molar-refractivity contribution in [3.8, 4) is 16.8 Å². The van der Waals surface area contributed by atoms with Crippen LogP contribution in [-0.4, -0.2) is 30.6 Å². The van der Waals surface area contributed by atoms with Crippen LogP contribution in [0.1, 0.15) is 0 Å². The van der Waals surface area contributed by atoms with E-state index in [2.05, 4.69) is 27.0 Å². The summed E-state index contributed by atoms with van der Waals surface area (Å²) < 4.78 is 1.31. The van der Waals surface area contributed by atoms with Gasteiger partial charge in [0, 0.05) is 5.69 Å². The summed E-state index contributed by atoms with van der Waals surface area (Å²) in [4.78, 5) is 50.6. The Hall–Kier alpha value is -4.80. The van der Waals surface area contributed by atoms with Gasteiger partial charge in [0.05, 0.1) is 27.9 Å². The van der Waals surface area contributed by atoms with Crippen molar-refractivity contribution in [2.75, 3.05) is 5.32 Å². The quantitative estimate of drug-likeness (QED) is 0.256. The number of nitrogens with one attached hydrogen (secondary N) is 3. The Balaban J connectivity index is 1.83. The molecule has 0 aliphatic heterocycles. The van der Waals surface area contributed by atoms with Crippen LogP contribution in [0.2, 0.25) is 0 Å². The number of aromatic amines is 2. The Morgan fingerprint density at radius 2 is 2.00 bits per heavy atom. The molecule has 0 aliphatic carbocycles. The summed E-state index contributed by atoms with van der Waals surface area (Å²) in [7, 11) is 0. The third-order valence-corrected chi connectivity index (χ3v) is 4.48. The number of benzene rings is 2. The van der Waals surface area contributed by atoms with E-state index in [4.69, 9.17) is 0 Å². The smallest absolute Gasteiger partial charge is 0.358 e. The van der Waals surface area contributed by atoms with Crippen molar-refractivity contribution in [2.24, 2.45) is 0 Å². The average molecular weight is 418 g/mol. The van der Waals surface area contributed by atoms with Gasteiger partial charge < -0.3 is 20.4 Å². The zero-order valence-electron chi connectivity index (χ0n) is 15.8. The number of carbonyl (C=O) groups is 1. The molecular weight excluding hydrogens is 404 g/mol. The minimum Gasteiger partial charge on any atom is -0.358 e. The molecule has 2 aromatic heterocycles. The SMILES string of the molecule is C=CC(=O)Nc1cccc(-n2cc(-c3ccc4c(=O)[nH]c(=O)[nH]c4c3)c([N+](=O)[O-])n2)c1. The number of rotatable bonds is 5. The van der Waals surface area contributed by atoms with Crippen LogP contribution in [0.5, 0.6) is 0 Å². The van der Waals surface area contributed by atoms with E-state index in [0.29, 0.717) is 16.9 Å². The summed E-state index contributed by atoms with van der Waals surface area (Å²) in [6.45, 7) is 3.39. The summed E-state index contributed by atoms with van der Waals surface area (Å²) in [6.07, 6.45) is 2.58. The van der Waals surface area contributed by atoms with Crippen LogP contribution in [0.4, 0.5) is 11.5 Å². The molecule has 0 fully saturated rings. The number of hydrogen-bond donors (Lipinski definition) is 3. The van der Waals surface area contributed by atoms with Gasteiger partial charge in [0.15, 0.2) is 0 Å². The normalized spacial score (nSPS) is 10.7. The molecule has 0 radical (unpaired) electrons. The van der Waals surface area contributed by atoms with Crippen molar-refractivity contribution in [3.63, 3.8) is 0 Å². The molecule has 0 spiro atoms. The second kappa shape index (κ2) is 7.55. The van der Waals surface area contributed by atoms with Gasteiger partial charge in [-0.3, -0.25) is 14.6 Å². The highest BCUT2D eigenvalue weighted by Gasteiger charge is 2.23. The third-order valence-electron chi connectivity index (χ3n) is 4.48. The molecule has 0 unspecified atom stereocenters. The fourth-order valence-electron chi connectivity index (χ4n) is 3.09. The lowest BCUT2D eigenvalue weighted by atomic mass is 10.1. The average Bonchev–Trinajstić information content (AvgIpc) is 3.19. The van der Waals surface area contributed by atoms with Gasteiger partial charge in [0.25, 0.3) is 5.56 Å². The lowest BCUT2D eigenvalue weighted by Gasteiger charge is -2.03. The summed E-state index contributed by atoms with van der Waals surface area (Å²) >= 11 is 0. The third kappa shape index (κ3) is 3.74. The molecule has 2 heterocycles. The molecule has 11 heteroatoms. The van der Waals surface area contributed by atoms with Crippen LogP contribution in [0, 0.1) is 10.1 Å². The van der Waals surface area contributed by atoms with E-state index in [0.717, 1.165) is 6.08 Å². The number of nitrogens with zero attached hydrogens (tertiary/aromatic N) is 3. The minimum atomic E-state index is -0.682. The van der Waals surface area contributed by atoms with Crippen LogP contribution < -0.4 is 16.6 Å². The second-order valence-electron chi connectivity index (χ2n) is 6.48. The number of hydrogen-bond acceptors (Lipinski definition) is 6. The van der Waals surface area contributed by atoms with Gasteiger partial charge >= 0.3 is 11.5 Å². The first-order valence-electron chi connectivity index (χ1n) is 8.90. The van der Waals surface area contributed by atoms with E-state index < -0.39 is 27.9 Å². The standard InChI is InChI=1S/C20H14N6O5/c1-2-17(27)21-12-4-3-5-13(9-12)25-10-15(18(24-25)26(30)31)11-6-7-14-16(8-11)22-20(29)23-19(14)28/h2-10H,1H2,(H,21,27)(H2,22,23,28,29). The topological polar surface area (TPSA) is 156 Å². The molecule has 0 saturated heterocycles. The first kappa shape index (κ1) is 19.5. The van der Waals surface area contributed by atoms with Crippen LogP contribution in [0.25, 0.3) is 27.7 Å². The molecule has 3 N–H and O–H groups in total. The molecule has 11 nitrogen and oxygen atoms in total. The lowest BCUT2D eigenvalue weighted by Crippen LogP contribution is -2.21. The van der Waals surface area contributed by atoms with Crippen molar-refractivity contribution < 1.29 is 9.72 Å². The van der Waals surface area contributed by atoms with Crippen molar-refractivity contribution >= 4 is 28.3 Å². The molecule has 2 aromatic carbocycles. The summed E-state index contributed by atoms with van der Waals surface area (Å²) in [5.41, 5.74) is 0.511. The molecule has 0 saturated carbocycles. The van der Waals surface area contributed by atoms with Crippen LogP contribution in [-0.2, 0) is 4.79 Å². The first-order chi connectivity index (χ1) is 14.9. The fourth-order valence-corrected chi connectivity index (χ4v) is 3.09. The maximum Gasteiger partial charge on any atom is 0.398 e. The van der Waals surface area contributed by atoms with Gasteiger partial charge in [-0.05, 0) is 46.9 Å². The van der Waals surface area contributed by atoms with Gasteiger partial charge in [-0.1, -0.05) is 18.7 Å². The number of nitro groups is 1. The van der Waals surface area contributed by atoms with E-state index in [-0.39, 0.29) is 16.5 Å². The van der Waals surface area contributed by atoms with E-state index in [1.807, 2.05) is 0 Å². The molecule has 4 rings (SSSR count). The number of aromatic nitrogens is 4. The monoisotopic (exact) mass is 418 g/mol. The highest BCUT2D eigenvalue weighted by molar-refractivity contribution is 5.99. The highest BCUT2D eigenvalue weighted by Crippen LogP contribution is 2.31. The fraction of sp³-hybridized carbons (Fsp3) is 0. The molecule has 0 atom stereocenters. The molecule has 4 aromatic rings. The molecular formula is C20H14N6O5. The van der Waals surface area contributed by atoms with Crippen molar-refractivity contribution in [1.29, 1.82) is 0 Å². The van der Waals surface area contributed by atoms with Crippen LogP contribution in [0.3, 0.4) is 0 Å². The van der Waals surface area contributed by atoms with Gasteiger partial charge in [-0.15, -0.1) is 4.68 Å². The van der Waals surface area contributed by atoms with Crippen molar-refractivity contribution in [2.45, 2.75) is 0 Å². The molecule has 154 valence electrons. The molecule has 0 aliphatic rings. The molecule has 0 bridgehead atoms. The number of carbonyl (C=O) groups excluding carboxylic acids is 1. The predicted molar refractivity (Wildman–Crippen MR) is 113 cm³/mol. The van der Waals surface area contributed by atoms with Crippen molar-refractivity contribution in [3.05, 3.63) is 92.3 Å². The van der Waals surface area contributed by atoms with Gasteiger partial charge in [-0.2, -0.15) is 0 Å². The second-order valence-corrected chi connectivity index (χ2v) is 6.48. The molecule has 1 amide bonds. The summed E-state index contributed by atoms with van der Waals surface area (Å²) in [6, 6.07) is 11.0. The summed E-state index contributed by atoms with van der Waals surface area (Å²) in [5.74, 6) is -0.809. The zero-order valence-corrected chi connectivity index (χ0v) is 15.8. The van der Waals surface area contributed by atoms with Gasteiger partial charge in [0.1, 0.15) is 5.56 Å². The van der Waals surface area contributed by atoms with Gasteiger partial charge in [-0.25, -0.2) is 4.79 Å². The summed E-state index contributed by atoms with van der Waals surface area (Å²) in [5, 5.41) is 18.5. The minimum absolute atomic E-state index is 0.188. The maximum absolute atomic E-state index is 11.9. The van der Waals surface area contributed by atoms with Gasteiger partial charge in [0.2, 0.25) is 5.91 Å². The van der Waals surface area contributed by atoms with Crippen molar-refractivity contribution in [1.82, 2.24) is 19.7 Å². The largest absolute Gasteiger partial charge is 0.398 e. The van der Waals surface area contributed by atoms with Crippen LogP contribution >= 0.6 is 0 Å². The Morgan fingerprint density at radius 1 is 1.19 bits per heavy atom. The lowest BCUT2D eigenvalue weighted by molar-refractivity contribution is -0.389. The van der Waals surface area contributed by atoms with E-state index >= 15 is 0 Å².